The van der Waals surface area contributed by atoms with Crippen molar-refractivity contribution in [3.63, 3.8) is 0 Å². The molecule has 0 bridgehead atoms. The van der Waals surface area contributed by atoms with Gasteiger partial charge in [0.15, 0.2) is 15.8 Å². The number of nitrogens with two attached hydrogens (primary N) is 1. The number of hydrogen-bond donors (Lipinski definition) is 2. The summed E-state index contributed by atoms with van der Waals surface area (Å²) >= 11 is 2.49. The van der Waals surface area contributed by atoms with E-state index in [1.165, 1.54) is 28.7 Å². The second-order valence-electron chi connectivity index (χ2n) is 6.40. The molecule has 1 heterocycles. The molecule has 10 heteroatoms. The van der Waals surface area contributed by atoms with Gasteiger partial charge < -0.3 is 15.2 Å². The van der Waals surface area contributed by atoms with Crippen molar-refractivity contribution in [2.75, 3.05) is 18.1 Å². The van der Waals surface area contributed by atoms with Crippen LogP contribution in [0.5, 0.6) is 11.5 Å². The molecule has 0 atom stereocenters. The lowest BCUT2D eigenvalue weighted by Crippen LogP contribution is -2.19. The third-order valence-corrected chi connectivity index (χ3v) is 5.82. The number of amides is 1. The Morgan fingerprint density at radius 1 is 1.19 bits per heavy atom. The quantitative estimate of drug-likeness (QED) is 0.271. The van der Waals surface area contributed by atoms with Crippen LogP contribution in [0.4, 0.5) is 5.13 Å². The Morgan fingerprint density at radius 3 is 2.71 bits per heavy atom. The molecule has 0 radical (unpaired) electrons. The van der Waals surface area contributed by atoms with E-state index in [0.29, 0.717) is 34.2 Å². The zero-order chi connectivity index (χ0) is 22.1. The van der Waals surface area contributed by atoms with Gasteiger partial charge in [0.25, 0.3) is 5.91 Å². The van der Waals surface area contributed by atoms with E-state index in [-0.39, 0.29) is 11.7 Å². The van der Waals surface area contributed by atoms with Crippen molar-refractivity contribution < 1.29 is 14.3 Å². The third kappa shape index (κ3) is 7.26. The average Bonchev–Trinajstić information content (AvgIpc) is 3.18. The van der Waals surface area contributed by atoms with E-state index in [9.17, 15) is 4.79 Å². The van der Waals surface area contributed by atoms with E-state index < -0.39 is 0 Å². The van der Waals surface area contributed by atoms with Crippen LogP contribution in [0.3, 0.4) is 0 Å². The van der Waals surface area contributed by atoms with Gasteiger partial charge in [0, 0.05) is 0 Å². The highest BCUT2D eigenvalue weighted by atomic mass is 32.2. The second-order valence-corrected chi connectivity index (χ2v) is 8.63. The van der Waals surface area contributed by atoms with Crippen LogP contribution in [0, 0.1) is 6.92 Å². The number of benzene rings is 2. The predicted molar refractivity (Wildman–Crippen MR) is 124 cm³/mol. The number of carbonyl (C=O) groups is 1. The maximum Gasteiger partial charge on any atom is 0.250 e. The Kier molecular flexibility index (Phi) is 8.25. The van der Waals surface area contributed by atoms with Crippen LogP contribution >= 0.6 is 23.1 Å². The van der Waals surface area contributed by atoms with E-state index in [4.69, 9.17) is 15.2 Å². The van der Waals surface area contributed by atoms with Crippen molar-refractivity contribution >= 4 is 40.4 Å². The number of ether oxygens (including phenoxy) is 2. The average molecular weight is 458 g/mol. The molecule has 2 aromatic carbocycles. The summed E-state index contributed by atoms with van der Waals surface area (Å²) in [6, 6.07) is 13.7. The lowest BCUT2D eigenvalue weighted by atomic mass is 10.2. The molecule has 0 spiro atoms. The molecule has 0 aliphatic heterocycles. The maximum absolute atomic E-state index is 11.9. The SMILES string of the molecule is CCOc1cc(C=NNC(=O)CSc2nnc(N)s2)ccc1OCc1ccc(C)cc1. The summed E-state index contributed by atoms with van der Waals surface area (Å²) in [5, 5.41) is 11.9. The van der Waals surface area contributed by atoms with Crippen LogP contribution in [-0.4, -0.2) is 34.7 Å². The maximum atomic E-state index is 11.9. The summed E-state index contributed by atoms with van der Waals surface area (Å²) in [7, 11) is 0. The third-order valence-electron chi connectivity index (χ3n) is 3.93. The van der Waals surface area contributed by atoms with Crippen LogP contribution in [-0.2, 0) is 11.4 Å². The largest absolute Gasteiger partial charge is 0.490 e. The standard InChI is InChI=1S/C21H23N5O3S2/c1-3-28-18-10-16(8-9-17(18)29-12-15-6-4-14(2)5-7-15)11-23-24-19(27)13-30-21-26-25-20(22)31-21/h4-11H,3,12-13H2,1-2H3,(H2,22,25)(H,24,27). The number of thioether (sulfide) groups is 1. The Labute approximate surface area is 188 Å². The van der Waals surface area contributed by atoms with Crippen LogP contribution in [0.1, 0.15) is 23.6 Å². The van der Waals surface area contributed by atoms with Crippen molar-refractivity contribution in [3.8, 4) is 11.5 Å². The zero-order valence-corrected chi connectivity index (χ0v) is 18.8. The molecule has 162 valence electrons. The molecule has 3 N–H and O–H groups in total. The van der Waals surface area contributed by atoms with Crippen LogP contribution < -0.4 is 20.6 Å². The zero-order valence-electron chi connectivity index (χ0n) is 17.2. The summed E-state index contributed by atoms with van der Waals surface area (Å²) in [6.07, 6.45) is 1.55. The Morgan fingerprint density at radius 2 is 2.00 bits per heavy atom. The van der Waals surface area contributed by atoms with Gasteiger partial charge in [-0.05, 0) is 43.2 Å². The molecular formula is C21H23N5O3S2. The molecule has 3 aromatic rings. The van der Waals surface area contributed by atoms with E-state index in [2.05, 4.69) is 32.9 Å². The van der Waals surface area contributed by atoms with E-state index in [1.807, 2.05) is 44.2 Å². The van der Waals surface area contributed by atoms with Crippen molar-refractivity contribution in [1.82, 2.24) is 15.6 Å². The number of aryl methyl sites for hydroxylation is 1. The van der Waals surface area contributed by atoms with Gasteiger partial charge in [-0.15, -0.1) is 10.2 Å². The van der Waals surface area contributed by atoms with Crippen LogP contribution in [0.25, 0.3) is 0 Å². The first-order valence-electron chi connectivity index (χ1n) is 9.52. The van der Waals surface area contributed by atoms with Gasteiger partial charge in [0.05, 0.1) is 18.6 Å². The Balaban J connectivity index is 1.54. The number of nitrogens with zero attached hydrogens (tertiary/aromatic N) is 3. The van der Waals surface area contributed by atoms with Crippen molar-refractivity contribution in [1.29, 1.82) is 0 Å². The fraction of sp³-hybridized carbons (Fsp3) is 0.238. The van der Waals surface area contributed by atoms with E-state index in [1.54, 1.807) is 6.21 Å². The number of hydrazone groups is 1. The summed E-state index contributed by atoms with van der Waals surface area (Å²) in [5.74, 6) is 1.19. The van der Waals surface area contributed by atoms with Crippen molar-refractivity contribution in [2.45, 2.75) is 24.8 Å². The Hall–Kier alpha value is -3.11. The molecule has 0 saturated carbocycles. The fourth-order valence-corrected chi connectivity index (χ4v) is 3.88. The number of anilines is 1. The molecule has 1 amide bonds. The van der Waals surface area contributed by atoms with Crippen molar-refractivity contribution in [3.05, 3.63) is 59.2 Å². The predicted octanol–water partition coefficient (Wildman–Crippen LogP) is 3.65. The number of rotatable bonds is 10. The monoisotopic (exact) mass is 457 g/mol. The lowest BCUT2D eigenvalue weighted by Gasteiger charge is -2.12. The molecule has 3 rings (SSSR count). The number of aromatic nitrogens is 2. The topological polar surface area (TPSA) is 112 Å². The number of nitrogen functional groups attached to an aromatic ring is 1. The molecule has 0 aliphatic rings. The van der Waals surface area contributed by atoms with Gasteiger partial charge in [-0.3, -0.25) is 4.79 Å². The summed E-state index contributed by atoms with van der Waals surface area (Å²) < 4.78 is 12.3. The summed E-state index contributed by atoms with van der Waals surface area (Å²) in [6.45, 7) is 4.91. The smallest absolute Gasteiger partial charge is 0.250 e. The molecule has 0 aliphatic carbocycles. The normalized spacial score (nSPS) is 10.9. The van der Waals surface area contributed by atoms with Gasteiger partial charge in [-0.1, -0.05) is 52.9 Å². The number of nitrogens with one attached hydrogen (secondary N) is 1. The molecular weight excluding hydrogens is 434 g/mol. The number of carbonyl (C=O) groups excluding carboxylic acids is 1. The van der Waals surface area contributed by atoms with Crippen LogP contribution in [0.2, 0.25) is 0 Å². The van der Waals surface area contributed by atoms with Gasteiger partial charge in [0.1, 0.15) is 6.61 Å². The van der Waals surface area contributed by atoms with E-state index >= 15 is 0 Å². The molecule has 0 fully saturated rings. The van der Waals surface area contributed by atoms with Crippen LogP contribution in [0.15, 0.2) is 51.9 Å². The molecule has 0 unspecified atom stereocenters. The first kappa shape index (κ1) is 22.6. The van der Waals surface area contributed by atoms with E-state index in [0.717, 1.165) is 11.1 Å². The van der Waals surface area contributed by atoms with Gasteiger partial charge >= 0.3 is 0 Å². The first-order valence-corrected chi connectivity index (χ1v) is 11.3. The van der Waals surface area contributed by atoms with Gasteiger partial charge in [-0.25, -0.2) is 5.43 Å². The minimum Gasteiger partial charge on any atom is -0.490 e. The molecule has 1 aromatic heterocycles. The minimum atomic E-state index is -0.252. The highest BCUT2D eigenvalue weighted by Gasteiger charge is 2.08. The highest BCUT2D eigenvalue weighted by molar-refractivity contribution is 8.01. The fourth-order valence-electron chi connectivity index (χ4n) is 2.45. The lowest BCUT2D eigenvalue weighted by molar-refractivity contribution is -0.118. The molecule has 0 saturated heterocycles. The number of hydrogen-bond acceptors (Lipinski definition) is 9. The second kappa shape index (κ2) is 11.3. The van der Waals surface area contributed by atoms with Crippen molar-refractivity contribution in [2.24, 2.45) is 5.10 Å². The Bertz CT molecular complexity index is 1040. The molecule has 8 nitrogen and oxygen atoms in total. The molecule has 31 heavy (non-hydrogen) atoms. The van der Waals surface area contributed by atoms with Gasteiger partial charge in [-0.2, -0.15) is 5.10 Å². The summed E-state index contributed by atoms with van der Waals surface area (Å²) in [5.41, 5.74) is 11.1. The first-order chi connectivity index (χ1) is 15.0. The van der Waals surface area contributed by atoms with Gasteiger partial charge in [0.2, 0.25) is 5.13 Å². The minimum absolute atomic E-state index is 0.169. The highest BCUT2D eigenvalue weighted by Crippen LogP contribution is 2.29. The summed E-state index contributed by atoms with van der Waals surface area (Å²) in [4.78, 5) is 11.9.